The number of nitrogens with zero attached hydrogens (tertiary/aromatic N) is 3. The first-order chi connectivity index (χ1) is 41.2. The number of urea groups is 1. The Kier molecular flexibility index (Phi) is 31.7. The van der Waals surface area contributed by atoms with E-state index in [-0.39, 0.29) is 56.6 Å². The Morgan fingerprint density at radius 1 is 0.736 bits per heavy atom. The molecular formula is C61H98N12O14. The van der Waals surface area contributed by atoms with Crippen LogP contribution in [0, 0.1) is 23.7 Å². The number of carbonyl (C=O) groups excluding carboxylic acids is 9. The molecule has 0 aliphatic carbocycles. The highest BCUT2D eigenvalue weighted by molar-refractivity contribution is 5.99. The molecule has 3 rings (SSSR count). The number of nitrogens with two attached hydrogens (primary N) is 3. The summed E-state index contributed by atoms with van der Waals surface area (Å²) < 4.78 is 17.5. The molecule has 1 aliphatic rings. The molecular weight excluding hydrogens is 1120 g/mol. The molecule has 2 aromatic carbocycles. The molecule has 1 saturated heterocycles. The van der Waals surface area contributed by atoms with Crippen LogP contribution in [0.1, 0.15) is 117 Å². The van der Waals surface area contributed by atoms with Crippen molar-refractivity contribution in [2.75, 3.05) is 59.8 Å². The Hall–Kier alpha value is -7.42. The SMILES string of the molecule is CC[C@H](C)[C@@H]([C@@H](CC(=O)N1CCC[C@H]1[C@H](OC)[C@@H](C)C(=O)N[C@@H](Cc1ccccc1)C(=O)O)OC)N(C)C(=O)CNC(=O)C(C(C)C)N(C)C(=O)OCc1ccc(NC(=O)C(CCCNC(N)=O)NC(=O)C(NC(=O)C(N)CCCCN)C(C)C)cc1. The average Bonchev–Trinajstić information content (AvgIpc) is 2.43. The maximum Gasteiger partial charge on any atom is 0.410 e. The normalized spacial score (nSPS) is 16.5. The summed E-state index contributed by atoms with van der Waals surface area (Å²) in [5.41, 5.74) is 18.5. The Labute approximate surface area is 512 Å². The molecule has 1 heterocycles. The van der Waals surface area contributed by atoms with Crippen molar-refractivity contribution in [1.29, 1.82) is 0 Å². The van der Waals surface area contributed by atoms with Gasteiger partial charge in [-0.1, -0.05) is 104 Å². The summed E-state index contributed by atoms with van der Waals surface area (Å²) in [7, 11) is 5.90. The van der Waals surface area contributed by atoms with E-state index in [0.717, 1.165) is 10.5 Å². The molecule has 0 bridgehead atoms. The number of ether oxygens (including phenoxy) is 3. The Balaban J connectivity index is 1.64. The maximum atomic E-state index is 14.3. The first-order valence-electron chi connectivity index (χ1n) is 30.1. The molecule has 1 aliphatic heterocycles. The van der Waals surface area contributed by atoms with Crippen molar-refractivity contribution in [2.24, 2.45) is 40.9 Å². The molecule has 0 radical (unpaired) electrons. The Bertz CT molecular complexity index is 2560. The third-order valence-corrected chi connectivity index (χ3v) is 16.0. The van der Waals surface area contributed by atoms with Gasteiger partial charge < -0.3 is 78.2 Å². The second kappa shape index (κ2) is 37.3. The molecule has 13 N–H and O–H groups in total. The van der Waals surface area contributed by atoms with E-state index in [1.54, 1.807) is 95.1 Å². The van der Waals surface area contributed by atoms with Gasteiger partial charge in [0, 0.05) is 53.5 Å². The molecule has 0 saturated carbocycles. The van der Waals surface area contributed by atoms with Crippen LogP contribution in [-0.4, -0.2) is 188 Å². The van der Waals surface area contributed by atoms with Gasteiger partial charge >= 0.3 is 18.1 Å². The van der Waals surface area contributed by atoms with Crippen LogP contribution in [0.2, 0.25) is 0 Å². The molecule has 11 atom stereocenters. The summed E-state index contributed by atoms with van der Waals surface area (Å²) in [4.78, 5) is 137. The zero-order valence-corrected chi connectivity index (χ0v) is 52.6. The molecule has 10 amide bonds. The summed E-state index contributed by atoms with van der Waals surface area (Å²) in [6.45, 7) is 12.8. The molecule has 4 unspecified atom stereocenters. The van der Waals surface area contributed by atoms with Gasteiger partial charge in [0.25, 0.3) is 0 Å². The number of anilines is 1. The second-order valence-corrected chi connectivity index (χ2v) is 23.1. The topological polar surface area (TPSA) is 379 Å². The largest absolute Gasteiger partial charge is 0.480 e. The number of hydrogen-bond acceptors (Lipinski definition) is 15. The van der Waals surface area contributed by atoms with Crippen molar-refractivity contribution in [3.63, 3.8) is 0 Å². The highest BCUT2D eigenvalue weighted by Crippen LogP contribution is 2.30. The fourth-order valence-electron chi connectivity index (χ4n) is 10.8. The first kappa shape index (κ1) is 73.8. The van der Waals surface area contributed by atoms with Gasteiger partial charge in [0.15, 0.2) is 0 Å². The van der Waals surface area contributed by atoms with Crippen LogP contribution in [0.5, 0.6) is 0 Å². The van der Waals surface area contributed by atoms with Gasteiger partial charge in [-0.2, -0.15) is 0 Å². The summed E-state index contributed by atoms with van der Waals surface area (Å²) in [6.07, 6.45) is 1.42. The third kappa shape index (κ3) is 23.3. The van der Waals surface area contributed by atoms with Crippen LogP contribution in [0.4, 0.5) is 15.3 Å². The molecule has 26 nitrogen and oxygen atoms in total. The number of carboxylic acids is 1. The quantitative estimate of drug-likeness (QED) is 0.0435. The van der Waals surface area contributed by atoms with Gasteiger partial charge in [0.05, 0.1) is 49.2 Å². The number of aliphatic carboxylic acids is 1. The number of hydrogen-bond donors (Lipinski definition) is 10. The number of likely N-dealkylation sites (N-methyl/N-ethyl adjacent to an activating group) is 2. The molecule has 486 valence electrons. The number of likely N-dealkylation sites (tertiary alicyclic amines) is 1. The first-order valence-corrected chi connectivity index (χ1v) is 30.1. The van der Waals surface area contributed by atoms with E-state index in [0.29, 0.717) is 62.9 Å². The molecule has 1 fully saturated rings. The monoisotopic (exact) mass is 1220 g/mol. The molecule has 0 aromatic heterocycles. The van der Waals surface area contributed by atoms with Gasteiger partial charge in [-0.15, -0.1) is 0 Å². The predicted octanol–water partition coefficient (Wildman–Crippen LogP) is 2.60. The van der Waals surface area contributed by atoms with E-state index >= 15 is 0 Å². The number of unbranched alkanes of at least 4 members (excludes halogenated alkanes) is 1. The van der Waals surface area contributed by atoms with E-state index in [9.17, 15) is 53.1 Å². The Morgan fingerprint density at radius 3 is 1.97 bits per heavy atom. The number of nitrogens with one attached hydrogen (secondary N) is 6. The molecule has 0 spiro atoms. The number of rotatable bonds is 37. The van der Waals surface area contributed by atoms with Crippen molar-refractivity contribution in [3.05, 3.63) is 65.7 Å². The van der Waals surface area contributed by atoms with Gasteiger partial charge in [-0.05, 0) is 86.1 Å². The van der Waals surface area contributed by atoms with Crippen LogP contribution in [-0.2, 0) is 65.6 Å². The van der Waals surface area contributed by atoms with Crippen LogP contribution in [0.3, 0.4) is 0 Å². The van der Waals surface area contributed by atoms with Crippen LogP contribution in [0.15, 0.2) is 54.6 Å². The minimum absolute atomic E-state index is 0.0812. The second-order valence-electron chi connectivity index (χ2n) is 23.1. The number of methoxy groups -OCH3 is 2. The van der Waals surface area contributed by atoms with Crippen LogP contribution in [0.25, 0.3) is 0 Å². The number of benzene rings is 2. The van der Waals surface area contributed by atoms with E-state index in [1.165, 1.54) is 26.2 Å². The Morgan fingerprint density at radius 2 is 1.39 bits per heavy atom. The van der Waals surface area contributed by atoms with E-state index in [4.69, 9.17) is 31.4 Å². The molecule has 26 heteroatoms. The van der Waals surface area contributed by atoms with Crippen molar-refractivity contribution in [2.45, 2.75) is 174 Å². The fraction of sp³-hybridized carbons (Fsp3) is 0.639. The highest BCUT2D eigenvalue weighted by atomic mass is 16.6. The van der Waals surface area contributed by atoms with Crippen molar-refractivity contribution >= 4 is 65.1 Å². The summed E-state index contributed by atoms with van der Waals surface area (Å²) in [5, 5.41) is 26.0. The number of carbonyl (C=O) groups is 10. The lowest BCUT2D eigenvalue weighted by molar-refractivity contribution is -0.147. The summed E-state index contributed by atoms with van der Waals surface area (Å²) in [6, 6.07) is 8.21. The average molecular weight is 1220 g/mol. The van der Waals surface area contributed by atoms with Gasteiger partial charge in [-0.3, -0.25) is 38.5 Å². The standard InChI is InChI=1S/C61H98N12O14/c1-12-38(6)52(47(85-10)33-48(74)73-31-19-24-46(73)53(86-11)39(7)54(76)69-45(59(81)82)32-40-20-14-13-15-21-40)71(8)49(75)34-66-58(80)51(37(4)5)72(9)61(84)87-35-41-25-27-42(28-26-41)67-56(78)44(23-18-30-65-60(64)83)68-57(79)50(36(2)3)70-55(77)43(63)22-16-17-29-62/h13-15,20-21,25-28,36-39,43-47,50-53H,12,16-19,22-24,29-35,62-63H2,1-11H3,(H,66,80)(H,67,78)(H,68,79)(H,69,76)(H,70,77)(H,81,82)(H3,64,65,83)/t38-,39+,43?,44?,45-,46-,47+,50?,51?,52-,53+/m0/s1. The van der Waals surface area contributed by atoms with Gasteiger partial charge in [0.1, 0.15) is 30.8 Å². The molecule has 2 aromatic rings. The lowest BCUT2D eigenvalue weighted by Gasteiger charge is -2.39. The van der Waals surface area contributed by atoms with E-state index < -0.39 is 126 Å². The maximum absolute atomic E-state index is 14.3. The number of amides is 10. The number of carboxylic acid groups (broad SMARTS) is 1. The lowest BCUT2D eigenvalue weighted by Crippen LogP contribution is -2.56. The lowest BCUT2D eigenvalue weighted by atomic mass is 9.90. The molecule has 87 heavy (non-hydrogen) atoms. The van der Waals surface area contributed by atoms with E-state index in [1.807, 2.05) is 19.9 Å². The summed E-state index contributed by atoms with van der Waals surface area (Å²) >= 11 is 0. The van der Waals surface area contributed by atoms with Crippen LogP contribution < -0.4 is 49.1 Å². The predicted molar refractivity (Wildman–Crippen MR) is 327 cm³/mol. The van der Waals surface area contributed by atoms with Gasteiger partial charge in [-0.25, -0.2) is 14.4 Å². The zero-order chi connectivity index (χ0) is 65.1. The van der Waals surface area contributed by atoms with Crippen LogP contribution >= 0.6 is 0 Å². The van der Waals surface area contributed by atoms with Crippen molar-refractivity contribution in [1.82, 2.24) is 41.3 Å². The van der Waals surface area contributed by atoms with Crippen molar-refractivity contribution in [3.8, 4) is 0 Å². The van der Waals surface area contributed by atoms with E-state index in [2.05, 4.69) is 31.9 Å². The zero-order valence-electron chi connectivity index (χ0n) is 52.6. The third-order valence-electron chi connectivity index (χ3n) is 16.0. The fourth-order valence-corrected chi connectivity index (χ4v) is 10.8. The minimum atomic E-state index is -1.18. The highest BCUT2D eigenvalue weighted by Gasteiger charge is 2.43. The minimum Gasteiger partial charge on any atom is -0.480 e. The smallest absolute Gasteiger partial charge is 0.410 e. The van der Waals surface area contributed by atoms with Gasteiger partial charge in [0.2, 0.25) is 41.4 Å². The number of primary amides is 1. The summed E-state index contributed by atoms with van der Waals surface area (Å²) in [5.74, 6) is -6.59. The van der Waals surface area contributed by atoms with Crippen molar-refractivity contribution < 1.29 is 67.3 Å².